The first-order valence-electron chi connectivity index (χ1n) is 7.07. The average Bonchev–Trinajstić information content (AvgIpc) is 2.26. The second-order valence-corrected chi connectivity index (χ2v) is 7.73. The minimum Gasteiger partial charge on any atom is -0.327 e. The van der Waals surface area contributed by atoms with Gasteiger partial charge in [0.1, 0.15) is 0 Å². The van der Waals surface area contributed by atoms with Gasteiger partial charge in [-0.05, 0) is 50.3 Å². The smallest absolute Gasteiger partial charge is 0.240 e. The van der Waals surface area contributed by atoms with Gasteiger partial charge in [0.25, 0.3) is 0 Å². The molecule has 1 atom stereocenters. The first kappa shape index (κ1) is 17.1. The third kappa shape index (κ3) is 5.61. The quantitative estimate of drug-likeness (QED) is 0.811. The van der Waals surface area contributed by atoms with Crippen LogP contribution in [0.15, 0.2) is 29.2 Å². The highest BCUT2D eigenvalue weighted by Crippen LogP contribution is 2.14. The van der Waals surface area contributed by atoms with Gasteiger partial charge in [0.2, 0.25) is 10.0 Å². The van der Waals surface area contributed by atoms with Gasteiger partial charge in [0.05, 0.1) is 4.90 Å². The van der Waals surface area contributed by atoms with Crippen molar-refractivity contribution in [1.29, 1.82) is 0 Å². The Morgan fingerprint density at radius 3 is 2.10 bits per heavy atom. The lowest BCUT2D eigenvalue weighted by Crippen LogP contribution is -2.30. The summed E-state index contributed by atoms with van der Waals surface area (Å²) in [6.07, 6.45) is 1.74. The lowest BCUT2D eigenvalue weighted by molar-refractivity contribution is 0.493. The molecule has 0 aliphatic carbocycles. The average molecular weight is 298 g/mol. The van der Waals surface area contributed by atoms with Crippen molar-refractivity contribution >= 4 is 10.0 Å². The maximum atomic E-state index is 12.0. The molecule has 0 aromatic heterocycles. The predicted molar refractivity (Wildman–Crippen MR) is 83.0 cm³/mol. The standard InChI is InChI=1S/C15H26N2O2S/c1-11(2)9-14(16)10-13-5-7-15(8-6-13)20(18,19)17-12(3)4/h5-8,11-12,14,17H,9-10,16H2,1-4H3. The molecule has 20 heavy (non-hydrogen) atoms. The van der Waals surface area contributed by atoms with E-state index >= 15 is 0 Å². The van der Waals surface area contributed by atoms with Crippen LogP contribution >= 0.6 is 0 Å². The molecule has 0 spiro atoms. The van der Waals surface area contributed by atoms with E-state index in [9.17, 15) is 8.42 Å². The highest BCUT2D eigenvalue weighted by molar-refractivity contribution is 7.89. The minimum atomic E-state index is -3.41. The maximum absolute atomic E-state index is 12.0. The molecule has 114 valence electrons. The molecule has 3 N–H and O–H groups in total. The van der Waals surface area contributed by atoms with E-state index in [2.05, 4.69) is 18.6 Å². The van der Waals surface area contributed by atoms with Crippen LogP contribution in [0.25, 0.3) is 0 Å². The molecule has 0 saturated heterocycles. The minimum absolute atomic E-state index is 0.112. The fraction of sp³-hybridized carbons (Fsp3) is 0.600. The van der Waals surface area contributed by atoms with Gasteiger partial charge in [-0.25, -0.2) is 13.1 Å². The molecule has 0 fully saturated rings. The lowest BCUT2D eigenvalue weighted by atomic mass is 9.98. The van der Waals surface area contributed by atoms with Crippen LogP contribution in [0.4, 0.5) is 0 Å². The molecular formula is C15H26N2O2S. The van der Waals surface area contributed by atoms with E-state index in [0.29, 0.717) is 10.8 Å². The van der Waals surface area contributed by atoms with Gasteiger partial charge in [0, 0.05) is 12.1 Å². The molecule has 5 heteroatoms. The zero-order valence-electron chi connectivity index (χ0n) is 12.8. The normalized spacial score (nSPS) is 13.9. The van der Waals surface area contributed by atoms with Gasteiger partial charge in [0.15, 0.2) is 0 Å². The summed E-state index contributed by atoms with van der Waals surface area (Å²) < 4.78 is 26.5. The van der Waals surface area contributed by atoms with Crippen molar-refractivity contribution in [2.75, 3.05) is 0 Å². The fourth-order valence-electron chi connectivity index (χ4n) is 2.17. The number of sulfonamides is 1. The van der Waals surface area contributed by atoms with Crippen LogP contribution in [-0.2, 0) is 16.4 Å². The number of hydrogen-bond donors (Lipinski definition) is 2. The molecule has 0 bridgehead atoms. The zero-order valence-corrected chi connectivity index (χ0v) is 13.6. The zero-order chi connectivity index (χ0) is 15.3. The van der Waals surface area contributed by atoms with Crippen LogP contribution in [0.5, 0.6) is 0 Å². The summed E-state index contributed by atoms with van der Waals surface area (Å²) in [5.41, 5.74) is 7.14. The Labute approximate surface area is 122 Å². The summed E-state index contributed by atoms with van der Waals surface area (Å²) in [5.74, 6) is 0.569. The molecule has 1 rings (SSSR count). The summed E-state index contributed by atoms with van der Waals surface area (Å²) in [6.45, 7) is 7.90. The number of nitrogens with one attached hydrogen (secondary N) is 1. The Balaban J connectivity index is 2.74. The summed E-state index contributed by atoms with van der Waals surface area (Å²) in [5, 5.41) is 0. The van der Waals surface area contributed by atoms with Gasteiger partial charge < -0.3 is 5.73 Å². The third-order valence-corrected chi connectivity index (χ3v) is 4.57. The van der Waals surface area contributed by atoms with Crippen molar-refractivity contribution in [2.45, 2.75) is 57.5 Å². The van der Waals surface area contributed by atoms with Gasteiger partial charge in [-0.3, -0.25) is 0 Å². The van der Waals surface area contributed by atoms with E-state index in [0.717, 1.165) is 18.4 Å². The van der Waals surface area contributed by atoms with E-state index < -0.39 is 10.0 Å². The van der Waals surface area contributed by atoms with Crippen LogP contribution in [0.3, 0.4) is 0 Å². The van der Waals surface area contributed by atoms with Gasteiger partial charge in [-0.2, -0.15) is 0 Å². The molecule has 0 saturated carbocycles. The van der Waals surface area contributed by atoms with Gasteiger partial charge >= 0.3 is 0 Å². The second-order valence-electron chi connectivity index (χ2n) is 6.01. The molecule has 0 radical (unpaired) electrons. The van der Waals surface area contributed by atoms with Crippen molar-refractivity contribution in [3.8, 4) is 0 Å². The third-order valence-electron chi connectivity index (χ3n) is 2.90. The summed E-state index contributed by atoms with van der Waals surface area (Å²) in [4.78, 5) is 0.299. The lowest BCUT2D eigenvalue weighted by Gasteiger charge is -2.14. The molecule has 1 aromatic rings. The molecule has 1 aromatic carbocycles. The Bertz CT molecular complexity index is 507. The molecule has 4 nitrogen and oxygen atoms in total. The Morgan fingerprint density at radius 1 is 1.10 bits per heavy atom. The van der Waals surface area contributed by atoms with E-state index in [1.165, 1.54) is 0 Å². The molecule has 0 amide bonds. The number of benzene rings is 1. The second kappa shape index (κ2) is 7.20. The van der Waals surface area contributed by atoms with Crippen molar-refractivity contribution < 1.29 is 8.42 Å². The number of hydrogen-bond acceptors (Lipinski definition) is 3. The van der Waals surface area contributed by atoms with Crippen molar-refractivity contribution in [1.82, 2.24) is 4.72 Å². The predicted octanol–water partition coefficient (Wildman–Crippen LogP) is 2.29. The van der Waals surface area contributed by atoms with Crippen LogP contribution < -0.4 is 10.5 Å². The van der Waals surface area contributed by atoms with Crippen LogP contribution in [0.1, 0.15) is 39.7 Å². The van der Waals surface area contributed by atoms with Crippen LogP contribution in [0.2, 0.25) is 0 Å². The Hall–Kier alpha value is -0.910. The number of rotatable bonds is 7. The van der Waals surface area contributed by atoms with Gasteiger partial charge in [-0.15, -0.1) is 0 Å². The number of nitrogens with two attached hydrogens (primary N) is 1. The van der Waals surface area contributed by atoms with E-state index in [4.69, 9.17) is 5.73 Å². The highest BCUT2D eigenvalue weighted by atomic mass is 32.2. The molecule has 0 heterocycles. The summed E-state index contributed by atoms with van der Waals surface area (Å²) in [6, 6.07) is 6.97. The topological polar surface area (TPSA) is 72.2 Å². The maximum Gasteiger partial charge on any atom is 0.240 e. The molecule has 0 aliphatic rings. The van der Waals surface area contributed by atoms with E-state index in [1.807, 2.05) is 12.1 Å². The Morgan fingerprint density at radius 2 is 1.65 bits per heavy atom. The van der Waals surface area contributed by atoms with Crippen molar-refractivity contribution in [2.24, 2.45) is 11.7 Å². The molecular weight excluding hydrogens is 272 g/mol. The monoisotopic (exact) mass is 298 g/mol. The molecule has 0 aliphatic heterocycles. The SMILES string of the molecule is CC(C)CC(N)Cc1ccc(S(=O)(=O)NC(C)C)cc1. The van der Waals surface area contributed by atoms with Crippen molar-refractivity contribution in [3.63, 3.8) is 0 Å². The summed E-state index contributed by atoms with van der Waals surface area (Å²) >= 11 is 0. The van der Waals surface area contributed by atoms with Gasteiger partial charge in [-0.1, -0.05) is 26.0 Å². The van der Waals surface area contributed by atoms with Crippen LogP contribution in [-0.4, -0.2) is 20.5 Å². The first-order valence-corrected chi connectivity index (χ1v) is 8.56. The highest BCUT2D eigenvalue weighted by Gasteiger charge is 2.15. The summed E-state index contributed by atoms with van der Waals surface area (Å²) in [7, 11) is -3.41. The molecule has 1 unspecified atom stereocenters. The Kier molecular flexibility index (Phi) is 6.17. The largest absolute Gasteiger partial charge is 0.327 e. The van der Waals surface area contributed by atoms with Crippen molar-refractivity contribution in [3.05, 3.63) is 29.8 Å². The van der Waals surface area contributed by atoms with E-state index in [-0.39, 0.29) is 12.1 Å². The fourth-order valence-corrected chi connectivity index (χ4v) is 3.43. The van der Waals surface area contributed by atoms with E-state index in [1.54, 1.807) is 26.0 Å². The first-order chi connectivity index (χ1) is 9.20. The van der Waals surface area contributed by atoms with Crippen LogP contribution in [0, 0.1) is 5.92 Å².